The number of nitrogens with two attached hydrogens (primary N) is 1. The van der Waals surface area contributed by atoms with Crippen molar-refractivity contribution >= 4 is 11.5 Å². The molecule has 1 heterocycles. The lowest BCUT2D eigenvalue weighted by atomic mass is 10.0. The molecule has 2 aromatic rings. The predicted octanol–water partition coefficient (Wildman–Crippen LogP) is 2.81. The summed E-state index contributed by atoms with van der Waals surface area (Å²) in [5.41, 5.74) is 6.13. The molecular formula is C13H10F2N2O. The molecule has 0 saturated heterocycles. The summed E-state index contributed by atoms with van der Waals surface area (Å²) in [4.78, 5) is 15.1. The molecule has 1 aromatic heterocycles. The minimum Gasteiger partial charge on any atom is -0.396 e. The number of anilines is 1. The van der Waals surface area contributed by atoms with Gasteiger partial charge in [0.05, 0.1) is 5.69 Å². The van der Waals surface area contributed by atoms with Crippen molar-refractivity contribution in [1.82, 2.24) is 4.98 Å². The Bertz CT molecular complexity index is 626. The average molecular weight is 248 g/mol. The van der Waals surface area contributed by atoms with Gasteiger partial charge in [0, 0.05) is 24.2 Å². The SMILES string of the molecule is CC(=O)c1nccc(-c2cc(F)ccc2F)c1N. The van der Waals surface area contributed by atoms with Crippen molar-refractivity contribution in [1.29, 1.82) is 0 Å². The van der Waals surface area contributed by atoms with Gasteiger partial charge < -0.3 is 5.73 Å². The molecule has 18 heavy (non-hydrogen) atoms. The van der Waals surface area contributed by atoms with Crippen LogP contribution in [0.4, 0.5) is 14.5 Å². The number of nitrogens with zero attached hydrogens (tertiary/aromatic N) is 1. The Labute approximate surface area is 102 Å². The fourth-order valence-corrected chi connectivity index (χ4v) is 1.69. The normalized spacial score (nSPS) is 10.4. The first-order chi connectivity index (χ1) is 8.50. The lowest BCUT2D eigenvalue weighted by Gasteiger charge is -2.09. The summed E-state index contributed by atoms with van der Waals surface area (Å²) in [5, 5.41) is 0. The molecule has 0 amide bonds. The number of carbonyl (C=O) groups excluding carboxylic acids is 1. The molecule has 2 N–H and O–H groups in total. The summed E-state index contributed by atoms with van der Waals surface area (Å²) in [6, 6.07) is 4.50. The molecule has 0 radical (unpaired) electrons. The number of hydrogen-bond acceptors (Lipinski definition) is 3. The van der Waals surface area contributed by atoms with Crippen molar-refractivity contribution < 1.29 is 13.6 Å². The summed E-state index contributed by atoms with van der Waals surface area (Å²) < 4.78 is 26.8. The number of ketones is 1. The number of Topliss-reactive ketones (excluding diaryl/α,β-unsaturated/α-hetero) is 1. The number of nitrogen functional groups attached to an aromatic ring is 1. The maximum Gasteiger partial charge on any atom is 0.180 e. The van der Waals surface area contributed by atoms with E-state index >= 15 is 0 Å². The standard InChI is InChI=1S/C13H10F2N2O/c1-7(18)13-12(16)9(4-5-17-13)10-6-8(14)2-3-11(10)15/h2-6H,16H2,1H3. The van der Waals surface area contributed by atoms with Gasteiger partial charge in [0.15, 0.2) is 5.78 Å². The van der Waals surface area contributed by atoms with E-state index < -0.39 is 11.6 Å². The number of pyridine rings is 1. The van der Waals surface area contributed by atoms with Gasteiger partial charge in [0.1, 0.15) is 17.3 Å². The van der Waals surface area contributed by atoms with E-state index in [2.05, 4.69) is 4.98 Å². The van der Waals surface area contributed by atoms with Crippen LogP contribution in [0.3, 0.4) is 0 Å². The summed E-state index contributed by atoms with van der Waals surface area (Å²) in [6.07, 6.45) is 1.34. The molecule has 1 aromatic carbocycles. The van der Waals surface area contributed by atoms with Gasteiger partial charge in [0.2, 0.25) is 0 Å². The molecule has 0 atom stereocenters. The number of aromatic nitrogens is 1. The summed E-state index contributed by atoms with van der Waals surface area (Å²) in [6.45, 7) is 1.31. The molecule has 0 bridgehead atoms. The first-order valence-electron chi connectivity index (χ1n) is 5.21. The van der Waals surface area contributed by atoms with E-state index in [1.54, 1.807) is 0 Å². The number of halogens is 2. The molecule has 5 heteroatoms. The molecule has 3 nitrogen and oxygen atoms in total. The van der Waals surface area contributed by atoms with Gasteiger partial charge in [-0.3, -0.25) is 9.78 Å². The van der Waals surface area contributed by atoms with Gasteiger partial charge in [-0.05, 0) is 24.3 Å². The summed E-state index contributed by atoms with van der Waals surface area (Å²) in [7, 11) is 0. The van der Waals surface area contributed by atoms with E-state index in [9.17, 15) is 13.6 Å². The largest absolute Gasteiger partial charge is 0.396 e. The quantitative estimate of drug-likeness (QED) is 0.831. The average Bonchev–Trinajstić information content (AvgIpc) is 2.32. The van der Waals surface area contributed by atoms with Gasteiger partial charge in [-0.2, -0.15) is 0 Å². The van der Waals surface area contributed by atoms with E-state index in [0.717, 1.165) is 18.2 Å². The molecular weight excluding hydrogens is 238 g/mol. The van der Waals surface area contributed by atoms with Gasteiger partial charge in [0.25, 0.3) is 0 Å². The van der Waals surface area contributed by atoms with Crippen LogP contribution in [0.15, 0.2) is 30.5 Å². The zero-order valence-electron chi connectivity index (χ0n) is 9.58. The Kier molecular flexibility index (Phi) is 3.06. The second-order valence-corrected chi connectivity index (χ2v) is 3.80. The van der Waals surface area contributed by atoms with Crippen LogP contribution < -0.4 is 5.73 Å². The van der Waals surface area contributed by atoms with Crippen LogP contribution in [0.1, 0.15) is 17.4 Å². The monoisotopic (exact) mass is 248 g/mol. The molecule has 0 unspecified atom stereocenters. The van der Waals surface area contributed by atoms with Crippen LogP contribution in [0.2, 0.25) is 0 Å². The predicted molar refractivity (Wildman–Crippen MR) is 64.0 cm³/mol. The van der Waals surface area contributed by atoms with Crippen LogP contribution in [0, 0.1) is 11.6 Å². The zero-order valence-corrected chi connectivity index (χ0v) is 9.58. The maximum absolute atomic E-state index is 13.6. The fourth-order valence-electron chi connectivity index (χ4n) is 1.69. The molecule has 0 spiro atoms. The molecule has 0 fully saturated rings. The molecule has 2 rings (SSSR count). The highest BCUT2D eigenvalue weighted by Crippen LogP contribution is 2.30. The summed E-state index contributed by atoms with van der Waals surface area (Å²) >= 11 is 0. The highest BCUT2D eigenvalue weighted by atomic mass is 19.1. The first-order valence-corrected chi connectivity index (χ1v) is 5.21. The lowest BCUT2D eigenvalue weighted by Crippen LogP contribution is -2.05. The Morgan fingerprint density at radius 1 is 1.22 bits per heavy atom. The van der Waals surface area contributed by atoms with Crippen LogP contribution in [-0.2, 0) is 0 Å². The van der Waals surface area contributed by atoms with Crippen LogP contribution >= 0.6 is 0 Å². The highest BCUT2D eigenvalue weighted by molar-refractivity contribution is 6.00. The Morgan fingerprint density at radius 2 is 1.94 bits per heavy atom. The lowest BCUT2D eigenvalue weighted by molar-refractivity contribution is 0.101. The Hall–Kier alpha value is -2.30. The smallest absolute Gasteiger partial charge is 0.180 e. The van der Waals surface area contributed by atoms with Crippen molar-refractivity contribution in [3.8, 4) is 11.1 Å². The second-order valence-electron chi connectivity index (χ2n) is 3.80. The van der Waals surface area contributed by atoms with E-state index in [-0.39, 0.29) is 28.3 Å². The third-order valence-electron chi connectivity index (χ3n) is 2.54. The number of hydrogen-bond donors (Lipinski definition) is 1. The van der Waals surface area contributed by atoms with E-state index in [1.165, 1.54) is 19.2 Å². The number of carbonyl (C=O) groups is 1. The van der Waals surface area contributed by atoms with Crippen molar-refractivity contribution in [3.05, 3.63) is 47.8 Å². The topological polar surface area (TPSA) is 56.0 Å². The third kappa shape index (κ3) is 2.07. The van der Waals surface area contributed by atoms with Gasteiger partial charge in [-0.15, -0.1) is 0 Å². The van der Waals surface area contributed by atoms with E-state index in [4.69, 9.17) is 5.73 Å². The van der Waals surface area contributed by atoms with Crippen molar-refractivity contribution in [2.45, 2.75) is 6.92 Å². The van der Waals surface area contributed by atoms with Crippen LogP contribution in [0.25, 0.3) is 11.1 Å². The van der Waals surface area contributed by atoms with E-state index in [1.807, 2.05) is 0 Å². The molecule has 0 aliphatic rings. The Balaban J connectivity index is 2.68. The summed E-state index contributed by atoms with van der Waals surface area (Å²) in [5.74, 6) is -1.51. The van der Waals surface area contributed by atoms with Crippen molar-refractivity contribution in [2.24, 2.45) is 0 Å². The van der Waals surface area contributed by atoms with Crippen molar-refractivity contribution in [2.75, 3.05) is 5.73 Å². The number of benzene rings is 1. The van der Waals surface area contributed by atoms with Crippen LogP contribution in [0.5, 0.6) is 0 Å². The molecule has 92 valence electrons. The Morgan fingerprint density at radius 3 is 2.61 bits per heavy atom. The maximum atomic E-state index is 13.6. The molecule has 0 saturated carbocycles. The minimum absolute atomic E-state index is 0.0115. The molecule has 0 aliphatic heterocycles. The van der Waals surface area contributed by atoms with Gasteiger partial charge >= 0.3 is 0 Å². The molecule has 0 aliphatic carbocycles. The van der Waals surface area contributed by atoms with Crippen LogP contribution in [-0.4, -0.2) is 10.8 Å². The van der Waals surface area contributed by atoms with Gasteiger partial charge in [-0.1, -0.05) is 0 Å². The fraction of sp³-hybridized carbons (Fsp3) is 0.0769. The highest BCUT2D eigenvalue weighted by Gasteiger charge is 2.15. The zero-order chi connectivity index (χ0) is 13.3. The third-order valence-corrected chi connectivity index (χ3v) is 2.54. The van der Waals surface area contributed by atoms with E-state index in [0.29, 0.717) is 0 Å². The van der Waals surface area contributed by atoms with Crippen molar-refractivity contribution in [3.63, 3.8) is 0 Å². The van der Waals surface area contributed by atoms with Gasteiger partial charge in [-0.25, -0.2) is 8.78 Å². The second kappa shape index (κ2) is 4.52. The first kappa shape index (κ1) is 12.2. The minimum atomic E-state index is -0.608. The number of rotatable bonds is 2.